The standard InChI is InChI=1S/C13H14FN3O/c14-10-2-1-3-12(8-10)17-7-5-11(9-17)16-13(18)4-6-15/h1-3,8,11H,4-5,7,9H2,(H,16,18). The maximum absolute atomic E-state index is 13.1. The number of carbonyl (C=O) groups is 1. The number of benzene rings is 1. The van der Waals surface area contributed by atoms with Crippen molar-refractivity contribution in [3.63, 3.8) is 0 Å². The monoisotopic (exact) mass is 247 g/mol. The van der Waals surface area contributed by atoms with Crippen molar-refractivity contribution in [3.8, 4) is 6.07 Å². The Kier molecular flexibility index (Phi) is 3.78. The lowest BCUT2D eigenvalue weighted by Gasteiger charge is -2.18. The quantitative estimate of drug-likeness (QED) is 0.879. The van der Waals surface area contributed by atoms with E-state index in [0.717, 1.165) is 18.7 Å². The molecule has 1 unspecified atom stereocenters. The lowest BCUT2D eigenvalue weighted by atomic mass is 10.2. The van der Waals surface area contributed by atoms with Crippen LogP contribution in [0, 0.1) is 17.1 Å². The molecule has 1 amide bonds. The Hall–Kier alpha value is -2.09. The molecule has 5 heteroatoms. The Morgan fingerprint density at radius 2 is 2.44 bits per heavy atom. The van der Waals surface area contributed by atoms with Crippen molar-refractivity contribution < 1.29 is 9.18 Å². The van der Waals surface area contributed by atoms with Gasteiger partial charge in [-0.15, -0.1) is 0 Å². The van der Waals surface area contributed by atoms with Crippen LogP contribution < -0.4 is 10.2 Å². The van der Waals surface area contributed by atoms with Crippen LogP contribution in [0.5, 0.6) is 0 Å². The van der Waals surface area contributed by atoms with Gasteiger partial charge in [0, 0.05) is 24.8 Å². The summed E-state index contributed by atoms with van der Waals surface area (Å²) in [5.41, 5.74) is 0.826. The van der Waals surface area contributed by atoms with Crippen LogP contribution in [0.4, 0.5) is 10.1 Å². The molecule has 0 saturated carbocycles. The third-order valence-corrected chi connectivity index (χ3v) is 2.97. The molecule has 1 atom stereocenters. The number of rotatable bonds is 3. The van der Waals surface area contributed by atoms with Gasteiger partial charge < -0.3 is 10.2 Å². The number of nitrogens with zero attached hydrogens (tertiary/aromatic N) is 2. The SMILES string of the molecule is N#CCC(=O)NC1CCN(c2cccc(F)c2)C1. The molecule has 4 nitrogen and oxygen atoms in total. The zero-order valence-corrected chi connectivity index (χ0v) is 9.90. The Morgan fingerprint density at radius 1 is 1.61 bits per heavy atom. The number of amides is 1. The summed E-state index contributed by atoms with van der Waals surface area (Å²) >= 11 is 0. The molecule has 0 spiro atoms. The molecule has 1 fully saturated rings. The Bertz CT molecular complexity index is 483. The van der Waals surface area contributed by atoms with Crippen LogP contribution in [0.2, 0.25) is 0 Å². The molecule has 1 aromatic rings. The molecular weight excluding hydrogens is 233 g/mol. The zero-order valence-electron chi connectivity index (χ0n) is 9.90. The van der Waals surface area contributed by atoms with E-state index in [1.807, 2.05) is 17.0 Å². The molecular formula is C13H14FN3O. The van der Waals surface area contributed by atoms with E-state index < -0.39 is 0 Å². The maximum Gasteiger partial charge on any atom is 0.234 e. The predicted octanol–water partition coefficient (Wildman–Crippen LogP) is 1.43. The average Bonchev–Trinajstić information content (AvgIpc) is 2.78. The van der Waals surface area contributed by atoms with Gasteiger partial charge in [0.05, 0.1) is 6.07 Å². The topological polar surface area (TPSA) is 56.1 Å². The fourth-order valence-electron chi connectivity index (χ4n) is 2.14. The predicted molar refractivity (Wildman–Crippen MR) is 65.4 cm³/mol. The number of anilines is 1. The van der Waals surface area contributed by atoms with E-state index in [4.69, 9.17) is 5.26 Å². The van der Waals surface area contributed by atoms with Crippen molar-refractivity contribution in [1.29, 1.82) is 5.26 Å². The third kappa shape index (κ3) is 2.98. The summed E-state index contributed by atoms with van der Waals surface area (Å²) in [5.74, 6) is -0.506. The van der Waals surface area contributed by atoms with E-state index >= 15 is 0 Å². The van der Waals surface area contributed by atoms with Crippen LogP contribution in [0.1, 0.15) is 12.8 Å². The van der Waals surface area contributed by atoms with Crippen molar-refractivity contribution in [2.24, 2.45) is 0 Å². The van der Waals surface area contributed by atoms with Crippen molar-refractivity contribution in [3.05, 3.63) is 30.1 Å². The van der Waals surface area contributed by atoms with Crippen molar-refractivity contribution in [2.45, 2.75) is 18.9 Å². The van der Waals surface area contributed by atoms with Gasteiger partial charge in [0.25, 0.3) is 0 Å². The maximum atomic E-state index is 13.1. The Balaban J connectivity index is 1.93. The second-order valence-electron chi connectivity index (χ2n) is 4.31. The third-order valence-electron chi connectivity index (χ3n) is 2.97. The van der Waals surface area contributed by atoms with Crippen LogP contribution in [0.3, 0.4) is 0 Å². The molecule has 2 rings (SSSR count). The van der Waals surface area contributed by atoms with Gasteiger partial charge in [-0.2, -0.15) is 5.26 Å². The van der Waals surface area contributed by atoms with Crippen LogP contribution in [0.25, 0.3) is 0 Å². The first kappa shape index (κ1) is 12.4. The Labute approximate surface area is 105 Å². The van der Waals surface area contributed by atoms with Gasteiger partial charge in [-0.05, 0) is 24.6 Å². The van der Waals surface area contributed by atoms with Gasteiger partial charge in [-0.3, -0.25) is 4.79 Å². The fraction of sp³-hybridized carbons (Fsp3) is 0.385. The summed E-state index contributed by atoms with van der Waals surface area (Å²) in [6, 6.07) is 8.27. The number of carbonyl (C=O) groups excluding carboxylic acids is 1. The van der Waals surface area contributed by atoms with Crippen LogP contribution in [-0.4, -0.2) is 25.0 Å². The first-order valence-corrected chi connectivity index (χ1v) is 5.86. The van der Waals surface area contributed by atoms with Crippen LogP contribution in [0.15, 0.2) is 24.3 Å². The molecule has 1 aliphatic rings. The lowest BCUT2D eigenvalue weighted by Crippen LogP contribution is -2.36. The molecule has 1 aliphatic heterocycles. The summed E-state index contributed by atoms with van der Waals surface area (Å²) in [4.78, 5) is 13.3. The summed E-state index contributed by atoms with van der Waals surface area (Å²) in [7, 11) is 0. The van der Waals surface area contributed by atoms with E-state index in [9.17, 15) is 9.18 Å². The highest BCUT2D eigenvalue weighted by Crippen LogP contribution is 2.20. The highest BCUT2D eigenvalue weighted by atomic mass is 19.1. The minimum Gasteiger partial charge on any atom is -0.369 e. The number of hydrogen-bond acceptors (Lipinski definition) is 3. The minimum atomic E-state index is -0.260. The molecule has 0 radical (unpaired) electrons. The van der Waals surface area contributed by atoms with Gasteiger partial charge >= 0.3 is 0 Å². The molecule has 0 bridgehead atoms. The lowest BCUT2D eigenvalue weighted by molar-refractivity contribution is -0.120. The molecule has 1 heterocycles. The van der Waals surface area contributed by atoms with E-state index in [1.165, 1.54) is 12.1 Å². The highest BCUT2D eigenvalue weighted by molar-refractivity contribution is 5.78. The first-order valence-electron chi connectivity index (χ1n) is 5.86. The van der Waals surface area contributed by atoms with Crippen LogP contribution in [-0.2, 0) is 4.79 Å². The largest absolute Gasteiger partial charge is 0.369 e. The number of halogens is 1. The highest BCUT2D eigenvalue weighted by Gasteiger charge is 2.23. The van der Waals surface area contributed by atoms with Crippen molar-refractivity contribution in [2.75, 3.05) is 18.0 Å². The molecule has 0 aromatic heterocycles. The summed E-state index contributed by atoms with van der Waals surface area (Å²) in [6.07, 6.45) is 0.699. The molecule has 1 saturated heterocycles. The normalized spacial score (nSPS) is 18.4. The van der Waals surface area contributed by atoms with Gasteiger partial charge in [0.1, 0.15) is 12.2 Å². The number of hydrogen-bond donors (Lipinski definition) is 1. The molecule has 18 heavy (non-hydrogen) atoms. The Morgan fingerprint density at radius 3 is 3.17 bits per heavy atom. The van der Waals surface area contributed by atoms with Gasteiger partial charge in [-0.1, -0.05) is 6.07 Å². The van der Waals surface area contributed by atoms with Crippen molar-refractivity contribution in [1.82, 2.24) is 5.32 Å². The average molecular weight is 247 g/mol. The van der Waals surface area contributed by atoms with E-state index in [0.29, 0.717) is 6.54 Å². The second kappa shape index (κ2) is 5.50. The molecule has 1 N–H and O–H groups in total. The molecule has 0 aliphatic carbocycles. The summed E-state index contributed by atoms with van der Waals surface area (Å²) < 4.78 is 13.1. The van der Waals surface area contributed by atoms with Gasteiger partial charge in [0.2, 0.25) is 5.91 Å². The molecule has 1 aromatic carbocycles. The zero-order chi connectivity index (χ0) is 13.0. The van der Waals surface area contributed by atoms with Crippen LogP contribution >= 0.6 is 0 Å². The summed E-state index contributed by atoms with van der Waals surface area (Å²) in [6.45, 7) is 1.43. The van der Waals surface area contributed by atoms with E-state index in [-0.39, 0.29) is 24.2 Å². The van der Waals surface area contributed by atoms with Gasteiger partial charge in [0.15, 0.2) is 0 Å². The van der Waals surface area contributed by atoms with E-state index in [2.05, 4.69) is 5.32 Å². The summed E-state index contributed by atoms with van der Waals surface area (Å²) in [5, 5.41) is 11.2. The fourth-order valence-corrected chi connectivity index (χ4v) is 2.14. The smallest absolute Gasteiger partial charge is 0.234 e. The number of nitriles is 1. The molecule has 94 valence electrons. The van der Waals surface area contributed by atoms with Gasteiger partial charge in [-0.25, -0.2) is 4.39 Å². The first-order chi connectivity index (χ1) is 8.69. The number of nitrogens with one attached hydrogen (secondary N) is 1. The van der Waals surface area contributed by atoms with E-state index in [1.54, 1.807) is 6.07 Å². The second-order valence-corrected chi connectivity index (χ2v) is 4.31. The van der Waals surface area contributed by atoms with Crippen molar-refractivity contribution >= 4 is 11.6 Å². The minimum absolute atomic E-state index is 0.0362.